The van der Waals surface area contributed by atoms with Gasteiger partial charge in [-0.25, -0.2) is 15.0 Å². The number of nitrogens with zero attached hydrogens (tertiary/aromatic N) is 7. The summed E-state index contributed by atoms with van der Waals surface area (Å²) in [7, 11) is 4.12. The average molecular weight is 1070 g/mol. The van der Waals surface area contributed by atoms with Gasteiger partial charge in [-0.15, -0.1) is 0 Å². The van der Waals surface area contributed by atoms with Crippen molar-refractivity contribution in [2.45, 2.75) is 92.9 Å². The molecule has 0 aliphatic carbocycles. The predicted octanol–water partition coefficient (Wildman–Crippen LogP) is 7.47. The van der Waals surface area contributed by atoms with Crippen LogP contribution in [-0.2, 0) is 86.8 Å². The third-order valence-corrected chi connectivity index (χ3v) is 8.48. The number of rotatable bonds is 13. The zero-order chi connectivity index (χ0) is 51.0. The van der Waals surface area contributed by atoms with E-state index in [2.05, 4.69) is 56.7 Å². The number of aliphatic hydroxyl groups excluding tert-OH is 5. The first-order chi connectivity index (χ1) is 33.1. The number of aromatic amines is 3. The van der Waals surface area contributed by atoms with Gasteiger partial charge in [0.25, 0.3) is 0 Å². The Morgan fingerprint density at radius 1 is 0.464 bits per heavy atom. The van der Waals surface area contributed by atoms with Gasteiger partial charge in [0.05, 0.1) is 52.7 Å². The second-order valence-corrected chi connectivity index (χ2v) is 14.7. The fourth-order valence-electron chi connectivity index (χ4n) is 5.39. The van der Waals surface area contributed by atoms with Gasteiger partial charge in [-0.3, -0.25) is 9.80 Å². The van der Waals surface area contributed by atoms with Crippen LogP contribution in [0, 0.1) is 0 Å². The van der Waals surface area contributed by atoms with Crippen molar-refractivity contribution in [2.75, 3.05) is 47.1 Å². The van der Waals surface area contributed by atoms with E-state index < -0.39 is 0 Å². The molecule has 0 saturated heterocycles. The van der Waals surface area contributed by atoms with Crippen molar-refractivity contribution in [2.24, 2.45) is 0 Å². The molecule has 4 heterocycles. The first-order valence-electron chi connectivity index (χ1n) is 22.6. The van der Waals surface area contributed by atoms with Gasteiger partial charge in [-0.2, -0.15) is 0 Å². The molecule has 0 spiro atoms. The Morgan fingerprint density at radius 2 is 0.725 bits per heavy atom. The average Bonchev–Trinajstić information content (AvgIpc) is 4.19. The first kappa shape index (κ1) is 66.9. The summed E-state index contributed by atoms with van der Waals surface area (Å²) in [5.41, 5.74) is 8.15. The van der Waals surface area contributed by atoms with Crippen LogP contribution in [0.3, 0.4) is 0 Å². The third-order valence-electron chi connectivity index (χ3n) is 8.48. The summed E-state index contributed by atoms with van der Waals surface area (Å²) in [6, 6.07) is 32.2. The summed E-state index contributed by atoms with van der Waals surface area (Å²) in [6.45, 7) is 14.2. The smallest absolute Gasteiger partial charge is 0 e. The van der Waals surface area contributed by atoms with E-state index >= 15 is 0 Å². The third kappa shape index (κ3) is 28.3. The predicted molar refractivity (Wildman–Crippen MR) is 262 cm³/mol. The second-order valence-electron chi connectivity index (χ2n) is 14.7. The number of benzene rings is 4. The van der Waals surface area contributed by atoms with Gasteiger partial charge >= 0.3 is 42.1 Å². The molecule has 20 heteroatoms. The molecule has 4 aromatic carbocycles. The number of aliphatic hydroxyl groups is 5. The van der Waals surface area contributed by atoms with Crippen LogP contribution in [-0.4, -0.2) is 117 Å². The molecular formula is C49H73N10O7V3+. The molecule has 17 nitrogen and oxygen atoms in total. The standard InChI is InChI=1S/C17H17N5.C17H16N5.5C3H8O.2O.3V/c2*1-22(10-16-18-12-6-2-3-7-13(12)19-16)11-17-20-14-8-4-5-9-15(14)21-17;5*1-2-3-4;;;;;/h2-9H,10-11H2,1H3,(H,18,19)(H,20,21);2-9H,10-11H2,1H3,(H-,18,19,20,21);5*4H,2-3H2,1H3;;;;;/q;-1;;;;;;;;;;+2. The van der Waals surface area contributed by atoms with Crippen LogP contribution in [0.2, 0.25) is 0 Å². The largest absolute Gasteiger partial charge is 0 e. The van der Waals surface area contributed by atoms with E-state index in [-0.39, 0.29) is 18.6 Å². The Labute approximate surface area is 437 Å². The van der Waals surface area contributed by atoms with Crippen LogP contribution < -0.4 is 4.98 Å². The first-order valence-corrected chi connectivity index (χ1v) is 23.7. The Hall–Kier alpha value is -4.17. The molecule has 69 heavy (non-hydrogen) atoms. The summed E-state index contributed by atoms with van der Waals surface area (Å²) < 4.78 is 16.4. The Kier molecular flexibility index (Phi) is 42.5. The summed E-state index contributed by atoms with van der Waals surface area (Å²) in [6.07, 6.45) is 4.38. The maximum Gasteiger partial charge on any atom is 0 e. The minimum atomic E-state index is 0. The van der Waals surface area contributed by atoms with Crippen molar-refractivity contribution < 1.29 is 86.2 Å². The normalized spacial score (nSPS) is 9.78. The van der Waals surface area contributed by atoms with Gasteiger partial charge in [0, 0.05) is 58.1 Å². The van der Waals surface area contributed by atoms with Gasteiger partial charge in [-0.1, -0.05) is 101 Å². The summed E-state index contributed by atoms with van der Waals surface area (Å²) in [5, 5.41) is 39.4. The number of nitrogens with one attached hydrogen (secondary N) is 3. The summed E-state index contributed by atoms with van der Waals surface area (Å²) in [5.74, 6) is 3.75. The molecule has 0 unspecified atom stereocenters. The van der Waals surface area contributed by atoms with Gasteiger partial charge in [-0.05, 0) is 93.6 Å². The second kappa shape index (κ2) is 43.8. The Balaban J connectivity index is 0. The van der Waals surface area contributed by atoms with Crippen LogP contribution in [0.15, 0.2) is 97.1 Å². The van der Waals surface area contributed by atoms with E-state index in [1.54, 1.807) is 0 Å². The van der Waals surface area contributed by atoms with Gasteiger partial charge < -0.3 is 50.5 Å². The van der Waals surface area contributed by atoms with Crippen molar-refractivity contribution in [3.63, 3.8) is 0 Å². The van der Waals surface area contributed by atoms with E-state index in [0.717, 1.165) is 154 Å². The Bertz CT molecular complexity index is 1940. The van der Waals surface area contributed by atoms with E-state index in [1.165, 1.54) is 0 Å². The molecule has 1 radical (unpaired) electrons. The van der Waals surface area contributed by atoms with Crippen molar-refractivity contribution >= 4 is 44.1 Å². The molecule has 4 aromatic heterocycles. The summed E-state index contributed by atoms with van der Waals surface area (Å²) >= 11 is 2.12. The topological polar surface area (TPSA) is 255 Å². The SMILES string of the molecule is CCCO.CCCO.CCCO.CCCO.CCCO.CN(Cc1nc2ccccc2[n-]1)Cc1nc2ccccc2[nH]1.CN(Cc1nc2ccccc2[nH]1)Cc1nc2ccccc2[nH]1.[O]=[V+2].[O]=[V].[V]. The van der Waals surface area contributed by atoms with E-state index in [0.29, 0.717) is 39.6 Å². The van der Waals surface area contributed by atoms with Crippen LogP contribution in [0.1, 0.15) is 90.0 Å². The zero-order valence-corrected chi connectivity index (χ0v) is 45.4. The van der Waals surface area contributed by atoms with Crippen molar-refractivity contribution in [3.8, 4) is 0 Å². The fourth-order valence-corrected chi connectivity index (χ4v) is 5.39. The maximum atomic E-state index is 8.19. The van der Waals surface area contributed by atoms with Crippen LogP contribution in [0.25, 0.3) is 44.1 Å². The van der Waals surface area contributed by atoms with E-state index in [9.17, 15) is 0 Å². The summed E-state index contributed by atoms with van der Waals surface area (Å²) in [4.78, 5) is 37.3. The Morgan fingerprint density at radius 3 is 1.00 bits per heavy atom. The molecule has 0 amide bonds. The molecule has 0 atom stereocenters. The molecule has 375 valence electrons. The number of fused-ring (bicyclic) bond motifs is 4. The van der Waals surface area contributed by atoms with Gasteiger partial charge in [0.15, 0.2) is 0 Å². The van der Waals surface area contributed by atoms with Crippen molar-refractivity contribution in [3.05, 3.63) is 120 Å². The number of aromatic nitrogens is 8. The number of H-pyrrole nitrogens is 3. The van der Waals surface area contributed by atoms with Crippen molar-refractivity contribution in [1.29, 1.82) is 0 Å². The quantitative estimate of drug-likeness (QED) is 0.0558. The molecule has 0 aliphatic heterocycles. The molecule has 8 aromatic rings. The van der Waals surface area contributed by atoms with Crippen LogP contribution in [0.4, 0.5) is 0 Å². The number of para-hydroxylation sites is 8. The van der Waals surface area contributed by atoms with Gasteiger partial charge in [0.1, 0.15) is 17.5 Å². The monoisotopic (exact) mass is 1070 g/mol. The van der Waals surface area contributed by atoms with Crippen LogP contribution >= 0.6 is 0 Å². The molecule has 8 rings (SSSR count). The van der Waals surface area contributed by atoms with Gasteiger partial charge in [0.2, 0.25) is 0 Å². The molecule has 0 aliphatic rings. The number of hydrogen-bond acceptors (Lipinski definition) is 13. The molecular weight excluding hydrogens is 993 g/mol. The molecule has 8 N–H and O–H groups in total. The van der Waals surface area contributed by atoms with E-state index in [1.807, 2.05) is 139 Å². The minimum absolute atomic E-state index is 0. The minimum Gasteiger partial charge on any atom is 0 e. The van der Waals surface area contributed by atoms with Crippen LogP contribution in [0.5, 0.6) is 0 Å². The molecule has 0 bridgehead atoms. The fraction of sp³-hybridized carbons (Fsp3) is 0.429. The maximum absolute atomic E-state index is 8.19. The molecule has 0 fully saturated rings. The number of imidazole rings is 4. The zero-order valence-electron chi connectivity index (χ0n) is 41.2. The molecule has 0 saturated carbocycles. The van der Waals surface area contributed by atoms with E-state index in [4.69, 9.17) is 32.9 Å². The van der Waals surface area contributed by atoms with Crippen molar-refractivity contribution in [1.82, 2.24) is 49.7 Å². The number of hydrogen-bond donors (Lipinski definition) is 8.